The van der Waals surface area contributed by atoms with E-state index in [-0.39, 0.29) is 12.2 Å². The molecule has 11 heteroatoms. The summed E-state index contributed by atoms with van der Waals surface area (Å²) in [6.07, 6.45) is 1.86. The van der Waals surface area contributed by atoms with E-state index < -0.39 is 37.5 Å². The minimum absolute atomic E-state index is 0.0912. The standard InChI is InChI=1S/C12H16N2O7S2/c1-21-11-4-3-8(7-10(11)14(17)18)23(19,20)13-9(12(15)16)5-6-22-2/h3-4,7,9,13H,5-6H2,1-2H3,(H,15,16)/t9-/m1/s1. The van der Waals surface area contributed by atoms with Crippen LogP contribution in [0.1, 0.15) is 6.42 Å². The van der Waals surface area contributed by atoms with E-state index in [1.54, 1.807) is 6.26 Å². The maximum Gasteiger partial charge on any atom is 0.321 e. The number of aliphatic carboxylic acids is 1. The van der Waals surface area contributed by atoms with E-state index in [0.717, 1.165) is 18.2 Å². The number of sulfonamides is 1. The number of rotatable bonds is 9. The Balaban J connectivity index is 3.14. The zero-order valence-electron chi connectivity index (χ0n) is 12.4. The van der Waals surface area contributed by atoms with Crippen molar-refractivity contribution in [1.29, 1.82) is 0 Å². The van der Waals surface area contributed by atoms with E-state index >= 15 is 0 Å². The van der Waals surface area contributed by atoms with Crippen LogP contribution in [0.15, 0.2) is 23.1 Å². The van der Waals surface area contributed by atoms with Crippen LogP contribution < -0.4 is 9.46 Å². The Kier molecular flexibility index (Phi) is 6.79. The summed E-state index contributed by atoms with van der Waals surface area (Å²) >= 11 is 1.38. The SMILES string of the molecule is COc1ccc(S(=O)(=O)N[C@H](CCSC)C(=O)O)cc1[N+](=O)[O-]. The van der Waals surface area contributed by atoms with Crippen molar-refractivity contribution in [3.63, 3.8) is 0 Å². The molecule has 0 heterocycles. The van der Waals surface area contributed by atoms with Gasteiger partial charge in [0, 0.05) is 6.07 Å². The second-order valence-electron chi connectivity index (χ2n) is 4.38. The first-order chi connectivity index (χ1) is 10.7. The molecule has 0 fully saturated rings. The summed E-state index contributed by atoms with van der Waals surface area (Å²) in [5.74, 6) is -0.959. The predicted octanol–water partition coefficient (Wildman–Crippen LogP) is 1.09. The van der Waals surface area contributed by atoms with Crippen LogP contribution >= 0.6 is 11.8 Å². The summed E-state index contributed by atoms with van der Waals surface area (Å²) in [7, 11) is -3.00. The third-order valence-corrected chi connectivity index (χ3v) is 4.98. The second kappa shape index (κ2) is 8.13. The molecule has 2 N–H and O–H groups in total. The molecule has 0 radical (unpaired) electrons. The Morgan fingerprint density at radius 3 is 2.65 bits per heavy atom. The fourth-order valence-corrected chi connectivity index (χ4v) is 3.42. The molecule has 23 heavy (non-hydrogen) atoms. The molecule has 1 atom stereocenters. The van der Waals surface area contributed by atoms with Crippen LogP contribution in [0.5, 0.6) is 5.75 Å². The highest BCUT2D eigenvalue weighted by Crippen LogP contribution is 2.29. The zero-order chi connectivity index (χ0) is 17.6. The van der Waals surface area contributed by atoms with Gasteiger partial charge >= 0.3 is 11.7 Å². The fraction of sp³-hybridized carbons (Fsp3) is 0.417. The molecule has 0 aliphatic heterocycles. The van der Waals surface area contributed by atoms with Crippen molar-refractivity contribution in [2.75, 3.05) is 19.1 Å². The smallest absolute Gasteiger partial charge is 0.321 e. The molecular formula is C12H16N2O7S2. The van der Waals surface area contributed by atoms with E-state index in [0.29, 0.717) is 5.75 Å². The lowest BCUT2D eigenvalue weighted by molar-refractivity contribution is -0.386. The number of nitro groups is 1. The van der Waals surface area contributed by atoms with Crippen LogP contribution in [0.2, 0.25) is 0 Å². The van der Waals surface area contributed by atoms with Crippen LogP contribution in [-0.2, 0) is 14.8 Å². The van der Waals surface area contributed by atoms with Crippen molar-refractivity contribution in [2.45, 2.75) is 17.4 Å². The number of hydrogen-bond acceptors (Lipinski definition) is 7. The largest absolute Gasteiger partial charge is 0.490 e. The normalized spacial score (nSPS) is 12.6. The van der Waals surface area contributed by atoms with Crippen molar-refractivity contribution >= 4 is 33.4 Å². The molecule has 1 rings (SSSR count). The van der Waals surface area contributed by atoms with Gasteiger partial charge in [-0.1, -0.05) is 0 Å². The highest BCUT2D eigenvalue weighted by molar-refractivity contribution is 7.98. The maximum absolute atomic E-state index is 12.2. The van der Waals surface area contributed by atoms with Gasteiger partial charge in [-0.2, -0.15) is 16.5 Å². The van der Waals surface area contributed by atoms with Gasteiger partial charge in [0.2, 0.25) is 10.0 Å². The number of nitro benzene ring substituents is 1. The van der Waals surface area contributed by atoms with E-state index in [9.17, 15) is 23.3 Å². The summed E-state index contributed by atoms with van der Waals surface area (Å²) < 4.78 is 31.3. The molecule has 128 valence electrons. The van der Waals surface area contributed by atoms with Crippen molar-refractivity contribution in [1.82, 2.24) is 4.72 Å². The van der Waals surface area contributed by atoms with Crippen LogP contribution in [0.3, 0.4) is 0 Å². The van der Waals surface area contributed by atoms with Crippen LogP contribution in [0, 0.1) is 10.1 Å². The summed E-state index contributed by atoms with van der Waals surface area (Å²) in [5, 5.41) is 20.0. The lowest BCUT2D eigenvalue weighted by Gasteiger charge is -2.14. The van der Waals surface area contributed by atoms with E-state index in [2.05, 4.69) is 0 Å². The van der Waals surface area contributed by atoms with Gasteiger partial charge in [-0.3, -0.25) is 14.9 Å². The van der Waals surface area contributed by atoms with Crippen LogP contribution in [0.4, 0.5) is 5.69 Å². The number of carbonyl (C=O) groups is 1. The monoisotopic (exact) mass is 364 g/mol. The molecule has 0 saturated carbocycles. The summed E-state index contributed by atoms with van der Waals surface area (Å²) in [4.78, 5) is 20.9. The number of methoxy groups -OCH3 is 1. The average Bonchev–Trinajstić information content (AvgIpc) is 2.50. The number of thioether (sulfide) groups is 1. The quantitative estimate of drug-likeness (QED) is 0.491. The Labute approximate surface area is 137 Å². The number of carboxylic acid groups (broad SMARTS) is 1. The second-order valence-corrected chi connectivity index (χ2v) is 7.08. The van der Waals surface area contributed by atoms with E-state index in [1.807, 2.05) is 4.72 Å². The van der Waals surface area contributed by atoms with Crippen molar-refractivity contribution in [3.8, 4) is 5.75 Å². The molecular weight excluding hydrogens is 348 g/mol. The molecule has 0 amide bonds. The molecule has 0 bridgehead atoms. The molecule has 1 aromatic rings. The van der Waals surface area contributed by atoms with Gasteiger partial charge in [0.15, 0.2) is 5.75 Å². The third-order valence-electron chi connectivity index (χ3n) is 2.86. The fourth-order valence-electron chi connectivity index (χ4n) is 1.70. The molecule has 0 unspecified atom stereocenters. The topological polar surface area (TPSA) is 136 Å². The Bertz CT molecular complexity index is 691. The first kappa shape index (κ1) is 19.2. The van der Waals surface area contributed by atoms with Crippen LogP contribution in [0.25, 0.3) is 0 Å². The Morgan fingerprint density at radius 2 is 2.17 bits per heavy atom. The molecule has 0 aliphatic rings. The summed E-state index contributed by atoms with van der Waals surface area (Å²) in [6.45, 7) is 0. The molecule has 1 aromatic carbocycles. The molecule has 0 saturated heterocycles. The lowest BCUT2D eigenvalue weighted by Crippen LogP contribution is -2.41. The van der Waals surface area contributed by atoms with Crippen molar-refractivity contribution in [3.05, 3.63) is 28.3 Å². The van der Waals surface area contributed by atoms with Crippen LogP contribution in [-0.4, -0.2) is 49.6 Å². The highest BCUT2D eigenvalue weighted by atomic mass is 32.2. The molecule has 0 aromatic heterocycles. The van der Waals surface area contributed by atoms with Gasteiger partial charge in [-0.05, 0) is 30.6 Å². The van der Waals surface area contributed by atoms with E-state index in [1.165, 1.54) is 18.9 Å². The number of nitrogens with one attached hydrogen (secondary N) is 1. The predicted molar refractivity (Wildman–Crippen MR) is 84.4 cm³/mol. The minimum atomic E-state index is -4.22. The number of nitrogens with zero attached hydrogens (tertiary/aromatic N) is 1. The van der Waals surface area contributed by atoms with Crippen molar-refractivity contribution < 1.29 is 28.0 Å². The van der Waals surface area contributed by atoms with Gasteiger partial charge in [0.25, 0.3) is 0 Å². The van der Waals surface area contributed by atoms with Gasteiger partial charge < -0.3 is 9.84 Å². The third kappa shape index (κ3) is 5.08. The average molecular weight is 364 g/mol. The van der Waals surface area contributed by atoms with Crippen molar-refractivity contribution in [2.24, 2.45) is 0 Å². The highest BCUT2D eigenvalue weighted by Gasteiger charge is 2.27. The first-order valence-corrected chi connectivity index (χ1v) is 9.17. The minimum Gasteiger partial charge on any atom is -0.490 e. The van der Waals surface area contributed by atoms with Gasteiger partial charge in [0.1, 0.15) is 6.04 Å². The summed E-state index contributed by atoms with van der Waals surface area (Å²) in [6, 6.07) is 1.77. The van der Waals surface area contributed by atoms with Gasteiger partial charge in [-0.15, -0.1) is 0 Å². The number of ether oxygens (including phenoxy) is 1. The molecule has 9 nitrogen and oxygen atoms in total. The number of carboxylic acids is 1. The summed E-state index contributed by atoms with van der Waals surface area (Å²) in [5.41, 5.74) is -0.522. The molecule has 0 spiro atoms. The maximum atomic E-state index is 12.2. The first-order valence-electron chi connectivity index (χ1n) is 6.29. The number of hydrogen-bond donors (Lipinski definition) is 2. The Morgan fingerprint density at radius 1 is 1.52 bits per heavy atom. The Hall–Kier alpha value is -1.85. The van der Waals surface area contributed by atoms with Gasteiger partial charge in [-0.25, -0.2) is 8.42 Å². The number of benzene rings is 1. The zero-order valence-corrected chi connectivity index (χ0v) is 14.0. The lowest BCUT2D eigenvalue weighted by atomic mass is 10.2. The molecule has 0 aliphatic carbocycles. The van der Waals surface area contributed by atoms with Gasteiger partial charge in [0.05, 0.1) is 16.9 Å². The van der Waals surface area contributed by atoms with E-state index in [4.69, 9.17) is 9.84 Å².